The smallest absolute Gasteiger partial charge is 0.271 e. The summed E-state index contributed by atoms with van der Waals surface area (Å²) in [6.07, 6.45) is 5.89. The van der Waals surface area contributed by atoms with Crippen LogP contribution in [0.1, 0.15) is 19.3 Å². The van der Waals surface area contributed by atoms with Gasteiger partial charge in [-0.15, -0.1) is 0 Å². The Morgan fingerprint density at radius 2 is 2.24 bits per heavy atom. The molecule has 9 nitrogen and oxygen atoms in total. The van der Waals surface area contributed by atoms with Gasteiger partial charge in [0, 0.05) is 43.5 Å². The normalized spacial score (nSPS) is 16.7. The molecule has 0 bridgehead atoms. The molecule has 1 aliphatic rings. The summed E-state index contributed by atoms with van der Waals surface area (Å²) in [5, 5.41) is 14.9. The number of Topliss-reactive ketones (excluding diaryl/α,β-unsaturated/α-hetero) is 1. The van der Waals surface area contributed by atoms with E-state index >= 15 is 0 Å². The van der Waals surface area contributed by atoms with E-state index in [2.05, 4.69) is 25.2 Å². The lowest BCUT2D eigenvalue weighted by atomic mass is 9.92. The summed E-state index contributed by atoms with van der Waals surface area (Å²) in [4.78, 5) is 36.9. The molecule has 0 aliphatic carbocycles. The molecule has 3 heterocycles. The summed E-state index contributed by atoms with van der Waals surface area (Å²) in [6.45, 7) is 1.85. The SMILES string of the molecule is O=C(CNc1cccc([N+](=O)[O-])c1)C[C@@H]1CCCN(c2ncnc3[nH]ccc23)C1. The molecule has 2 N–H and O–H groups in total. The van der Waals surface area contributed by atoms with E-state index < -0.39 is 4.92 Å². The van der Waals surface area contributed by atoms with Crippen molar-refractivity contribution in [3.8, 4) is 0 Å². The van der Waals surface area contributed by atoms with Crippen LogP contribution < -0.4 is 10.2 Å². The lowest BCUT2D eigenvalue weighted by Gasteiger charge is -2.33. The number of benzene rings is 1. The second-order valence-electron chi connectivity index (χ2n) is 7.30. The van der Waals surface area contributed by atoms with Crippen molar-refractivity contribution >= 4 is 34.0 Å². The number of aromatic amines is 1. The number of nitrogens with one attached hydrogen (secondary N) is 2. The van der Waals surface area contributed by atoms with E-state index in [1.54, 1.807) is 18.5 Å². The molecular formula is C20H22N6O3. The number of nitro groups is 1. The molecule has 1 aromatic carbocycles. The molecule has 2 aromatic heterocycles. The number of H-pyrrole nitrogens is 1. The molecule has 29 heavy (non-hydrogen) atoms. The largest absolute Gasteiger partial charge is 0.378 e. The highest BCUT2D eigenvalue weighted by molar-refractivity contribution is 5.87. The molecule has 0 amide bonds. The van der Waals surface area contributed by atoms with E-state index in [0.717, 1.165) is 42.8 Å². The first-order chi connectivity index (χ1) is 14.1. The average Bonchev–Trinajstić information content (AvgIpc) is 3.21. The van der Waals surface area contributed by atoms with E-state index in [4.69, 9.17) is 0 Å². The number of nitro benzene ring substituents is 1. The van der Waals surface area contributed by atoms with Gasteiger partial charge >= 0.3 is 0 Å². The van der Waals surface area contributed by atoms with Gasteiger partial charge in [-0.3, -0.25) is 14.9 Å². The van der Waals surface area contributed by atoms with Gasteiger partial charge < -0.3 is 15.2 Å². The molecule has 9 heteroatoms. The molecule has 0 unspecified atom stereocenters. The van der Waals surface area contributed by atoms with Crippen molar-refractivity contribution in [2.24, 2.45) is 5.92 Å². The number of piperidine rings is 1. The number of fused-ring (bicyclic) bond motifs is 1. The third kappa shape index (κ3) is 4.34. The maximum absolute atomic E-state index is 12.5. The number of hydrogen-bond donors (Lipinski definition) is 2. The van der Waals surface area contributed by atoms with Gasteiger partial charge in [-0.25, -0.2) is 9.97 Å². The van der Waals surface area contributed by atoms with E-state index in [0.29, 0.717) is 12.1 Å². The summed E-state index contributed by atoms with van der Waals surface area (Å²) < 4.78 is 0. The minimum atomic E-state index is -0.446. The summed E-state index contributed by atoms with van der Waals surface area (Å²) >= 11 is 0. The number of carbonyl (C=O) groups excluding carboxylic acids is 1. The zero-order valence-electron chi connectivity index (χ0n) is 15.9. The predicted molar refractivity (Wildman–Crippen MR) is 110 cm³/mol. The third-order valence-corrected chi connectivity index (χ3v) is 5.21. The highest BCUT2D eigenvalue weighted by Gasteiger charge is 2.24. The van der Waals surface area contributed by atoms with Crippen LogP contribution in [-0.2, 0) is 4.79 Å². The highest BCUT2D eigenvalue weighted by Crippen LogP contribution is 2.28. The maximum Gasteiger partial charge on any atom is 0.271 e. The van der Waals surface area contributed by atoms with Gasteiger partial charge in [0.1, 0.15) is 17.8 Å². The quantitative estimate of drug-likeness (QED) is 0.467. The van der Waals surface area contributed by atoms with Crippen LogP contribution in [-0.4, -0.2) is 45.3 Å². The van der Waals surface area contributed by atoms with Crippen LogP contribution in [0.3, 0.4) is 0 Å². The van der Waals surface area contributed by atoms with Crippen molar-refractivity contribution in [1.82, 2.24) is 15.0 Å². The lowest BCUT2D eigenvalue weighted by Crippen LogP contribution is -2.37. The second-order valence-corrected chi connectivity index (χ2v) is 7.30. The topological polar surface area (TPSA) is 117 Å². The van der Waals surface area contributed by atoms with Crippen LogP contribution in [0.5, 0.6) is 0 Å². The molecule has 1 fully saturated rings. The molecule has 1 atom stereocenters. The Kier molecular flexibility index (Phi) is 5.37. The monoisotopic (exact) mass is 394 g/mol. The molecule has 0 spiro atoms. The number of hydrogen-bond acceptors (Lipinski definition) is 7. The van der Waals surface area contributed by atoms with Crippen molar-refractivity contribution < 1.29 is 9.72 Å². The van der Waals surface area contributed by atoms with Gasteiger partial charge in [0.2, 0.25) is 0 Å². The van der Waals surface area contributed by atoms with Crippen LogP contribution in [0.2, 0.25) is 0 Å². The fourth-order valence-electron chi connectivity index (χ4n) is 3.86. The lowest BCUT2D eigenvalue weighted by molar-refractivity contribution is -0.384. The number of carbonyl (C=O) groups is 1. The molecule has 150 valence electrons. The van der Waals surface area contributed by atoms with Crippen molar-refractivity contribution in [2.75, 3.05) is 29.9 Å². The molecule has 0 saturated carbocycles. The van der Waals surface area contributed by atoms with E-state index in [-0.39, 0.29) is 23.9 Å². The van der Waals surface area contributed by atoms with Crippen LogP contribution in [0.4, 0.5) is 17.2 Å². The van der Waals surface area contributed by atoms with Crippen molar-refractivity contribution in [3.05, 3.63) is 53.0 Å². The average molecular weight is 394 g/mol. The van der Waals surface area contributed by atoms with Crippen LogP contribution >= 0.6 is 0 Å². The first-order valence-corrected chi connectivity index (χ1v) is 9.63. The first-order valence-electron chi connectivity index (χ1n) is 9.63. The third-order valence-electron chi connectivity index (χ3n) is 5.21. The molecule has 1 aliphatic heterocycles. The summed E-state index contributed by atoms with van der Waals surface area (Å²) in [6, 6.07) is 8.17. The zero-order valence-corrected chi connectivity index (χ0v) is 15.9. The van der Waals surface area contributed by atoms with E-state index in [1.807, 2.05) is 12.3 Å². The number of nitrogens with zero attached hydrogens (tertiary/aromatic N) is 4. The predicted octanol–water partition coefficient (Wildman–Crippen LogP) is 3.15. The van der Waals surface area contributed by atoms with E-state index in [9.17, 15) is 14.9 Å². The summed E-state index contributed by atoms with van der Waals surface area (Å²) in [5.74, 6) is 1.26. The molecule has 4 rings (SSSR count). The Morgan fingerprint density at radius 1 is 1.34 bits per heavy atom. The van der Waals surface area contributed by atoms with Crippen molar-refractivity contribution in [3.63, 3.8) is 0 Å². The van der Waals surface area contributed by atoms with Crippen LogP contribution in [0.15, 0.2) is 42.9 Å². The van der Waals surface area contributed by atoms with Gasteiger partial charge in [0.05, 0.1) is 16.9 Å². The minimum Gasteiger partial charge on any atom is -0.378 e. The van der Waals surface area contributed by atoms with Gasteiger partial charge in [-0.2, -0.15) is 0 Å². The zero-order chi connectivity index (χ0) is 20.2. The summed E-state index contributed by atoms with van der Waals surface area (Å²) in [5.41, 5.74) is 1.40. The Morgan fingerprint density at radius 3 is 3.10 bits per heavy atom. The Balaban J connectivity index is 1.34. The Labute approximate surface area is 167 Å². The Bertz CT molecular complexity index is 1030. The fourth-order valence-corrected chi connectivity index (χ4v) is 3.86. The van der Waals surface area contributed by atoms with Crippen molar-refractivity contribution in [1.29, 1.82) is 0 Å². The van der Waals surface area contributed by atoms with E-state index in [1.165, 1.54) is 12.1 Å². The molecule has 3 aromatic rings. The number of non-ortho nitro benzene ring substituents is 1. The number of rotatable bonds is 7. The molecule has 0 radical (unpaired) electrons. The van der Waals surface area contributed by atoms with Gasteiger partial charge in [0.15, 0.2) is 5.78 Å². The molecular weight excluding hydrogens is 372 g/mol. The van der Waals surface area contributed by atoms with Crippen molar-refractivity contribution in [2.45, 2.75) is 19.3 Å². The van der Waals surface area contributed by atoms with Gasteiger partial charge in [-0.1, -0.05) is 6.07 Å². The molecule has 1 saturated heterocycles. The second kappa shape index (κ2) is 8.26. The fraction of sp³-hybridized carbons (Fsp3) is 0.350. The van der Waals surface area contributed by atoms with Crippen LogP contribution in [0.25, 0.3) is 11.0 Å². The number of ketones is 1. The van der Waals surface area contributed by atoms with Gasteiger partial charge in [0.25, 0.3) is 5.69 Å². The Hall–Kier alpha value is -3.49. The standard InChI is InChI=1S/C20H22N6O3/c27-17(11-22-15-4-1-5-16(10-15)26(28)29)9-14-3-2-8-25(12-14)20-18-6-7-21-19(18)23-13-24-20/h1,4-7,10,13-14,22H,2-3,8-9,11-12H2,(H,21,23,24)/t14-/m0/s1. The van der Waals surface area contributed by atoms with Crippen LogP contribution in [0, 0.1) is 16.0 Å². The minimum absolute atomic E-state index is 0.00583. The summed E-state index contributed by atoms with van der Waals surface area (Å²) in [7, 11) is 0. The number of aromatic nitrogens is 3. The number of anilines is 2. The van der Waals surface area contributed by atoms with Gasteiger partial charge in [-0.05, 0) is 30.9 Å². The highest BCUT2D eigenvalue weighted by atomic mass is 16.6. The maximum atomic E-state index is 12.5. The first kappa shape index (κ1) is 18.9.